The molecule has 8 heteroatoms. The smallest absolute Gasteiger partial charge is 0.340 e. The molecule has 0 saturated carbocycles. The molecule has 34 heavy (non-hydrogen) atoms. The molecule has 3 heterocycles. The Morgan fingerprint density at radius 3 is 2.47 bits per heavy atom. The van der Waals surface area contributed by atoms with E-state index in [4.69, 9.17) is 19.2 Å². The van der Waals surface area contributed by atoms with Gasteiger partial charge in [-0.15, -0.1) is 0 Å². The molecule has 3 aromatic heterocycles. The number of thiophene rings is 1. The molecule has 0 aliphatic carbocycles. The molecular weight excluding hydrogens is 450 g/mol. The van der Waals surface area contributed by atoms with Gasteiger partial charge in [-0.3, -0.25) is 4.90 Å². The molecule has 0 amide bonds. The van der Waals surface area contributed by atoms with E-state index in [9.17, 15) is 4.79 Å². The number of hydrogen-bond donors (Lipinski definition) is 0. The minimum absolute atomic E-state index is 0.277. The zero-order valence-corrected chi connectivity index (χ0v) is 21.0. The number of carbonyl (C=O) groups is 1. The van der Waals surface area contributed by atoms with Crippen LogP contribution in [0.25, 0.3) is 31.6 Å². The van der Waals surface area contributed by atoms with Gasteiger partial charge in [0, 0.05) is 29.1 Å². The Morgan fingerprint density at radius 1 is 1.03 bits per heavy atom. The molecule has 4 aromatic rings. The zero-order valence-electron chi connectivity index (χ0n) is 20.2. The van der Waals surface area contributed by atoms with Crippen LogP contribution in [-0.4, -0.2) is 54.8 Å². The van der Waals surface area contributed by atoms with Crippen LogP contribution in [0, 0.1) is 0 Å². The van der Waals surface area contributed by atoms with Crippen LogP contribution < -0.4 is 9.47 Å². The maximum atomic E-state index is 13.4. The second-order valence-electron chi connectivity index (χ2n) is 7.70. The fourth-order valence-corrected chi connectivity index (χ4v) is 5.21. The predicted octanol–water partition coefficient (Wildman–Crippen LogP) is 5.55. The average molecular weight is 480 g/mol. The monoisotopic (exact) mass is 479 g/mol. The first-order valence-corrected chi connectivity index (χ1v) is 12.2. The maximum Gasteiger partial charge on any atom is 0.340 e. The second kappa shape index (κ2) is 10.4. The lowest BCUT2D eigenvalue weighted by Crippen LogP contribution is -2.25. The van der Waals surface area contributed by atoms with Crippen molar-refractivity contribution in [2.45, 2.75) is 27.3 Å². The Hall–Kier alpha value is -3.23. The summed E-state index contributed by atoms with van der Waals surface area (Å²) in [5.41, 5.74) is 2.80. The number of pyridine rings is 2. The Labute approximate surface area is 203 Å². The Morgan fingerprint density at radius 2 is 1.79 bits per heavy atom. The molecule has 7 nitrogen and oxygen atoms in total. The quantitative estimate of drug-likeness (QED) is 0.292. The second-order valence-corrected chi connectivity index (χ2v) is 8.68. The fraction of sp³-hybridized carbons (Fsp3) is 0.346. The summed E-state index contributed by atoms with van der Waals surface area (Å²) in [6, 6.07) is 9.62. The van der Waals surface area contributed by atoms with Crippen LogP contribution in [0.15, 0.2) is 36.5 Å². The molecule has 0 bridgehead atoms. The average Bonchev–Trinajstić information content (AvgIpc) is 3.24. The predicted molar refractivity (Wildman–Crippen MR) is 136 cm³/mol. The van der Waals surface area contributed by atoms with Gasteiger partial charge in [0.2, 0.25) is 0 Å². The summed E-state index contributed by atoms with van der Waals surface area (Å²) in [6.45, 7) is 8.53. The molecule has 0 N–H and O–H groups in total. The van der Waals surface area contributed by atoms with Gasteiger partial charge in [-0.05, 0) is 49.8 Å². The Bertz CT molecular complexity index is 1330. The van der Waals surface area contributed by atoms with Gasteiger partial charge in [0.1, 0.15) is 9.66 Å². The SMILES string of the molecule is CCOC(=O)c1c(CN(CC)CC)nc2sc3ncccc3c2c1-c1ccc(OC)c(OC)c1. The van der Waals surface area contributed by atoms with Crippen LogP contribution in [0.3, 0.4) is 0 Å². The van der Waals surface area contributed by atoms with E-state index in [0.717, 1.165) is 44.6 Å². The third-order valence-corrected chi connectivity index (χ3v) is 6.90. The molecule has 4 rings (SSSR count). The first-order valence-electron chi connectivity index (χ1n) is 11.4. The van der Waals surface area contributed by atoms with Crippen LogP contribution in [0.5, 0.6) is 11.5 Å². The van der Waals surface area contributed by atoms with Crippen molar-refractivity contribution in [1.82, 2.24) is 14.9 Å². The van der Waals surface area contributed by atoms with Gasteiger partial charge in [0.05, 0.1) is 32.1 Å². The van der Waals surface area contributed by atoms with Crippen LogP contribution in [-0.2, 0) is 11.3 Å². The van der Waals surface area contributed by atoms with Gasteiger partial charge in [-0.25, -0.2) is 14.8 Å². The van der Waals surface area contributed by atoms with Gasteiger partial charge >= 0.3 is 5.97 Å². The highest BCUT2D eigenvalue weighted by Gasteiger charge is 2.27. The normalized spacial score (nSPS) is 11.4. The minimum Gasteiger partial charge on any atom is -0.493 e. The summed E-state index contributed by atoms with van der Waals surface area (Å²) >= 11 is 1.53. The van der Waals surface area contributed by atoms with E-state index < -0.39 is 0 Å². The molecule has 0 fully saturated rings. The Balaban J connectivity index is 2.13. The Kier molecular flexibility index (Phi) is 7.29. The molecular formula is C26H29N3O4S. The highest BCUT2D eigenvalue weighted by Crippen LogP contribution is 2.43. The van der Waals surface area contributed by atoms with Crippen molar-refractivity contribution < 1.29 is 19.0 Å². The molecule has 0 saturated heterocycles. The van der Waals surface area contributed by atoms with E-state index in [-0.39, 0.29) is 12.6 Å². The van der Waals surface area contributed by atoms with Gasteiger partial charge < -0.3 is 14.2 Å². The molecule has 0 aliphatic heterocycles. The molecule has 0 radical (unpaired) electrons. The van der Waals surface area contributed by atoms with Crippen molar-refractivity contribution in [2.75, 3.05) is 33.9 Å². The number of nitrogens with zero attached hydrogens (tertiary/aromatic N) is 3. The van der Waals surface area contributed by atoms with Gasteiger partial charge in [-0.1, -0.05) is 31.3 Å². The van der Waals surface area contributed by atoms with Crippen molar-refractivity contribution in [3.63, 3.8) is 0 Å². The van der Waals surface area contributed by atoms with E-state index in [1.807, 2.05) is 37.3 Å². The zero-order chi connectivity index (χ0) is 24.2. The summed E-state index contributed by atoms with van der Waals surface area (Å²) in [5, 5.41) is 1.85. The molecule has 0 spiro atoms. The summed E-state index contributed by atoms with van der Waals surface area (Å²) in [4.78, 5) is 27.0. The lowest BCUT2D eigenvalue weighted by molar-refractivity contribution is 0.0524. The number of fused-ring (bicyclic) bond motifs is 3. The summed E-state index contributed by atoms with van der Waals surface area (Å²) < 4.78 is 16.6. The van der Waals surface area contributed by atoms with E-state index in [1.165, 1.54) is 11.3 Å². The summed E-state index contributed by atoms with van der Waals surface area (Å²) in [5.74, 6) is 0.823. The molecule has 0 unspecified atom stereocenters. The lowest BCUT2D eigenvalue weighted by atomic mass is 9.94. The van der Waals surface area contributed by atoms with Crippen LogP contribution in [0.4, 0.5) is 0 Å². The van der Waals surface area contributed by atoms with Crippen LogP contribution >= 0.6 is 11.3 Å². The summed E-state index contributed by atoms with van der Waals surface area (Å²) in [6.07, 6.45) is 1.77. The number of benzene rings is 1. The van der Waals surface area contributed by atoms with Crippen molar-refractivity contribution in [3.8, 4) is 22.6 Å². The van der Waals surface area contributed by atoms with Crippen LogP contribution in [0.1, 0.15) is 36.8 Å². The minimum atomic E-state index is -0.382. The number of rotatable bonds is 9. The number of esters is 1. The third kappa shape index (κ3) is 4.31. The van der Waals surface area contributed by atoms with Crippen molar-refractivity contribution in [2.24, 2.45) is 0 Å². The van der Waals surface area contributed by atoms with Gasteiger partial charge in [-0.2, -0.15) is 0 Å². The van der Waals surface area contributed by atoms with Crippen LogP contribution in [0.2, 0.25) is 0 Å². The number of hydrogen-bond acceptors (Lipinski definition) is 8. The third-order valence-electron chi connectivity index (χ3n) is 5.89. The maximum absolute atomic E-state index is 13.4. The number of ether oxygens (including phenoxy) is 3. The highest BCUT2D eigenvalue weighted by atomic mass is 32.1. The number of methoxy groups -OCH3 is 2. The van der Waals surface area contributed by atoms with E-state index in [1.54, 1.807) is 20.4 Å². The molecule has 0 aliphatic rings. The van der Waals surface area contributed by atoms with E-state index in [0.29, 0.717) is 29.3 Å². The highest BCUT2D eigenvalue weighted by molar-refractivity contribution is 7.25. The molecule has 178 valence electrons. The number of aromatic nitrogens is 2. The first-order chi connectivity index (χ1) is 16.6. The van der Waals surface area contributed by atoms with E-state index >= 15 is 0 Å². The molecule has 1 aromatic carbocycles. The van der Waals surface area contributed by atoms with Crippen molar-refractivity contribution in [3.05, 3.63) is 47.8 Å². The lowest BCUT2D eigenvalue weighted by Gasteiger charge is -2.21. The van der Waals surface area contributed by atoms with Gasteiger partial charge in [0.15, 0.2) is 11.5 Å². The standard InChI is InChI=1S/C26H29N3O4S/c1-6-29(7-2)15-18-23(26(30)33-8-3)21(16-11-12-19(31-4)20(14-16)32-5)22-17-10-9-13-27-24(17)34-25(22)28-18/h9-14H,6-8,15H2,1-5H3. The van der Waals surface area contributed by atoms with E-state index in [2.05, 4.69) is 23.7 Å². The number of carbonyl (C=O) groups excluding carboxylic acids is 1. The van der Waals surface area contributed by atoms with Gasteiger partial charge in [0.25, 0.3) is 0 Å². The first kappa shape index (κ1) is 23.9. The summed E-state index contributed by atoms with van der Waals surface area (Å²) in [7, 11) is 3.21. The molecule has 0 atom stereocenters. The topological polar surface area (TPSA) is 73.8 Å². The van der Waals surface area contributed by atoms with Crippen molar-refractivity contribution >= 4 is 37.7 Å². The largest absolute Gasteiger partial charge is 0.493 e. The van der Waals surface area contributed by atoms with Crippen molar-refractivity contribution in [1.29, 1.82) is 0 Å². The fourth-order valence-electron chi connectivity index (χ4n) is 4.17.